The van der Waals surface area contributed by atoms with Gasteiger partial charge in [0.1, 0.15) is 17.0 Å². The molecule has 1 aromatic rings. The first-order chi connectivity index (χ1) is 11.1. The molecule has 2 heterocycles. The number of nitriles is 1. The van der Waals surface area contributed by atoms with E-state index >= 15 is 0 Å². The van der Waals surface area contributed by atoms with Gasteiger partial charge in [-0.05, 0) is 30.5 Å². The lowest BCUT2D eigenvalue weighted by Crippen LogP contribution is -2.35. The van der Waals surface area contributed by atoms with Crippen molar-refractivity contribution in [1.29, 1.82) is 5.26 Å². The lowest BCUT2D eigenvalue weighted by molar-refractivity contribution is -0.384. The largest absolute Gasteiger partial charge is 0.365 e. The molecule has 0 spiro atoms. The van der Waals surface area contributed by atoms with Crippen molar-refractivity contribution < 1.29 is 9.72 Å². The zero-order valence-electron chi connectivity index (χ0n) is 12.2. The summed E-state index contributed by atoms with van der Waals surface area (Å²) in [4.78, 5) is 24.6. The van der Waals surface area contributed by atoms with Crippen LogP contribution in [0.25, 0.3) is 0 Å². The number of rotatable bonds is 3. The highest BCUT2D eigenvalue weighted by Crippen LogP contribution is 2.40. The second kappa shape index (κ2) is 6.30. The first kappa shape index (κ1) is 15.4. The van der Waals surface area contributed by atoms with Gasteiger partial charge in [0.15, 0.2) is 0 Å². The minimum atomic E-state index is -0.459. The van der Waals surface area contributed by atoms with E-state index in [-0.39, 0.29) is 16.6 Å². The van der Waals surface area contributed by atoms with E-state index in [4.69, 9.17) is 0 Å². The predicted molar refractivity (Wildman–Crippen MR) is 85.0 cm³/mol. The number of likely N-dealkylation sites (tertiary alicyclic amines) is 1. The van der Waals surface area contributed by atoms with Gasteiger partial charge in [-0.3, -0.25) is 14.9 Å². The highest BCUT2D eigenvalue weighted by atomic mass is 32.2. The van der Waals surface area contributed by atoms with E-state index in [2.05, 4.69) is 10.2 Å². The summed E-state index contributed by atoms with van der Waals surface area (Å²) < 4.78 is 0. The van der Waals surface area contributed by atoms with Crippen LogP contribution in [-0.2, 0) is 4.79 Å². The lowest BCUT2D eigenvalue weighted by atomic mass is 10.2. The van der Waals surface area contributed by atoms with Crippen molar-refractivity contribution in [2.75, 3.05) is 13.1 Å². The van der Waals surface area contributed by atoms with Crippen LogP contribution in [0.15, 0.2) is 34.9 Å². The number of hydrogen-bond donors (Lipinski definition) is 1. The number of thioether (sulfide) groups is 1. The Hall–Kier alpha value is -2.53. The molecular formula is C15H14N4O3S. The molecule has 0 bridgehead atoms. The molecule has 118 valence electrons. The predicted octanol–water partition coefficient (Wildman–Crippen LogP) is 2.29. The molecule has 1 saturated heterocycles. The summed E-state index contributed by atoms with van der Waals surface area (Å²) >= 11 is 1.41. The normalized spacial score (nSPS) is 21.1. The topological polar surface area (TPSA) is 99.3 Å². The number of non-ortho nitro benzene ring substituents is 1. The van der Waals surface area contributed by atoms with Gasteiger partial charge in [-0.2, -0.15) is 5.26 Å². The van der Waals surface area contributed by atoms with Crippen LogP contribution in [0.4, 0.5) is 5.69 Å². The highest BCUT2D eigenvalue weighted by molar-refractivity contribution is 8.03. The molecule has 1 amide bonds. The van der Waals surface area contributed by atoms with E-state index in [0.717, 1.165) is 31.5 Å². The summed E-state index contributed by atoms with van der Waals surface area (Å²) in [5.41, 5.74) is 0.923. The minimum absolute atomic E-state index is 0.00825. The molecule has 1 fully saturated rings. The van der Waals surface area contributed by atoms with Crippen LogP contribution in [0.3, 0.4) is 0 Å². The number of nitrogens with zero attached hydrogens (tertiary/aromatic N) is 3. The van der Waals surface area contributed by atoms with Gasteiger partial charge in [-0.1, -0.05) is 11.8 Å². The molecule has 8 heteroatoms. The third-order valence-electron chi connectivity index (χ3n) is 3.84. The van der Waals surface area contributed by atoms with Crippen molar-refractivity contribution >= 4 is 23.4 Å². The van der Waals surface area contributed by atoms with E-state index in [0.29, 0.717) is 5.03 Å². The van der Waals surface area contributed by atoms with Crippen molar-refractivity contribution in [3.8, 4) is 6.07 Å². The highest BCUT2D eigenvalue weighted by Gasteiger charge is 2.32. The Morgan fingerprint density at radius 2 is 1.96 bits per heavy atom. The molecule has 0 aliphatic carbocycles. The summed E-state index contributed by atoms with van der Waals surface area (Å²) in [6.07, 6.45) is 2.10. The molecule has 7 nitrogen and oxygen atoms in total. The smallest absolute Gasteiger partial charge is 0.269 e. The zero-order valence-corrected chi connectivity index (χ0v) is 13.0. The maximum Gasteiger partial charge on any atom is 0.269 e. The van der Waals surface area contributed by atoms with E-state index in [1.807, 2.05) is 6.07 Å². The number of hydrogen-bond acceptors (Lipinski definition) is 6. The number of amides is 1. The second-order valence-electron chi connectivity index (χ2n) is 5.31. The van der Waals surface area contributed by atoms with Gasteiger partial charge in [0.05, 0.1) is 9.95 Å². The Morgan fingerprint density at radius 3 is 2.52 bits per heavy atom. The summed E-state index contributed by atoms with van der Waals surface area (Å²) in [7, 11) is 0. The Morgan fingerprint density at radius 1 is 1.30 bits per heavy atom. The van der Waals surface area contributed by atoms with E-state index in [1.165, 1.54) is 23.9 Å². The van der Waals surface area contributed by atoms with E-state index in [9.17, 15) is 20.2 Å². The molecule has 1 N–H and O–H groups in total. The monoisotopic (exact) mass is 330 g/mol. The van der Waals surface area contributed by atoms with Gasteiger partial charge >= 0.3 is 0 Å². The number of carbonyl (C=O) groups excluding carboxylic acids is 1. The number of benzene rings is 1. The van der Waals surface area contributed by atoms with Crippen LogP contribution in [0.1, 0.15) is 23.8 Å². The number of carbonyl (C=O) groups is 1. The van der Waals surface area contributed by atoms with E-state index < -0.39 is 10.8 Å². The van der Waals surface area contributed by atoms with Crippen molar-refractivity contribution in [3.63, 3.8) is 0 Å². The average molecular weight is 330 g/mol. The van der Waals surface area contributed by atoms with Crippen LogP contribution >= 0.6 is 11.8 Å². The molecular weight excluding hydrogens is 316 g/mol. The van der Waals surface area contributed by atoms with Gasteiger partial charge in [-0.25, -0.2) is 0 Å². The Labute approximate surface area is 137 Å². The molecule has 0 aromatic heterocycles. The van der Waals surface area contributed by atoms with Crippen molar-refractivity contribution in [3.05, 3.63) is 50.5 Å². The fourth-order valence-electron chi connectivity index (χ4n) is 2.66. The maximum absolute atomic E-state index is 12.2. The van der Waals surface area contributed by atoms with Gasteiger partial charge in [0.25, 0.3) is 11.6 Å². The van der Waals surface area contributed by atoms with Crippen molar-refractivity contribution in [2.45, 2.75) is 18.2 Å². The molecule has 1 aromatic carbocycles. The zero-order chi connectivity index (χ0) is 16.4. The maximum atomic E-state index is 12.2. The Bertz CT molecular complexity index is 717. The quantitative estimate of drug-likeness (QED) is 0.674. The molecule has 0 saturated carbocycles. The molecule has 1 unspecified atom stereocenters. The standard InChI is InChI=1S/C15H14N4O3S/c16-9-12-13(20)17-14(23-15(12)18-7-1-2-8-18)10-3-5-11(6-4-10)19(21)22/h3-6,14H,1-2,7-8H2,(H,17,20). The molecule has 2 aliphatic heterocycles. The average Bonchev–Trinajstić information content (AvgIpc) is 3.08. The molecule has 1 atom stereocenters. The van der Waals surface area contributed by atoms with Crippen molar-refractivity contribution in [2.24, 2.45) is 0 Å². The van der Waals surface area contributed by atoms with Crippen LogP contribution in [-0.4, -0.2) is 28.8 Å². The fraction of sp³-hybridized carbons (Fsp3) is 0.333. The van der Waals surface area contributed by atoms with Gasteiger partial charge < -0.3 is 10.2 Å². The van der Waals surface area contributed by atoms with Gasteiger partial charge in [0.2, 0.25) is 0 Å². The number of nitro groups is 1. The molecule has 2 aliphatic rings. The summed E-state index contributed by atoms with van der Waals surface area (Å²) in [6.45, 7) is 1.68. The molecule has 3 rings (SSSR count). The van der Waals surface area contributed by atoms with Crippen LogP contribution in [0, 0.1) is 21.4 Å². The molecule has 0 radical (unpaired) electrons. The SMILES string of the molecule is N#CC1=C(N2CCCC2)SC(c2ccc([N+](=O)[O-])cc2)NC1=O. The summed E-state index contributed by atoms with van der Waals surface area (Å²) in [5.74, 6) is -0.392. The number of nitrogens with one attached hydrogen (secondary N) is 1. The summed E-state index contributed by atoms with van der Waals surface area (Å²) in [6, 6.07) is 8.10. The van der Waals surface area contributed by atoms with Gasteiger partial charge in [-0.15, -0.1) is 0 Å². The first-order valence-electron chi connectivity index (χ1n) is 7.21. The molecule has 23 heavy (non-hydrogen) atoms. The van der Waals surface area contributed by atoms with Crippen LogP contribution in [0.5, 0.6) is 0 Å². The number of nitro benzene ring substituents is 1. The summed E-state index contributed by atoms with van der Waals surface area (Å²) in [5, 5.41) is 23.1. The first-order valence-corrected chi connectivity index (χ1v) is 8.09. The Balaban J connectivity index is 1.88. The second-order valence-corrected chi connectivity index (χ2v) is 6.40. The third-order valence-corrected chi connectivity index (χ3v) is 5.16. The van der Waals surface area contributed by atoms with Crippen LogP contribution < -0.4 is 5.32 Å². The minimum Gasteiger partial charge on any atom is -0.365 e. The van der Waals surface area contributed by atoms with E-state index in [1.54, 1.807) is 12.1 Å². The Kier molecular flexibility index (Phi) is 4.21. The fourth-order valence-corrected chi connectivity index (χ4v) is 3.93. The lowest BCUT2D eigenvalue weighted by Gasteiger charge is -2.30. The third kappa shape index (κ3) is 3.00. The van der Waals surface area contributed by atoms with Gasteiger partial charge in [0, 0.05) is 25.2 Å². The van der Waals surface area contributed by atoms with Crippen molar-refractivity contribution in [1.82, 2.24) is 10.2 Å². The van der Waals surface area contributed by atoms with Crippen LogP contribution in [0.2, 0.25) is 0 Å².